The number of carbonyl (C=O) groups excluding carboxylic acids is 2. The zero-order chi connectivity index (χ0) is 20.9. The van der Waals surface area contributed by atoms with E-state index in [9.17, 15) is 14.7 Å². The number of nitrogen functional groups attached to an aromatic ring is 1. The number of benzene rings is 1. The Hall–Kier alpha value is -3.40. The van der Waals surface area contributed by atoms with E-state index in [1.165, 1.54) is 14.0 Å². The van der Waals surface area contributed by atoms with Crippen LogP contribution in [0.5, 0.6) is 5.75 Å². The summed E-state index contributed by atoms with van der Waals surface area (Å²) in [4.78, 5) is 28.1. The van der Waals surface area contributed by atoms with E-state index in [0.717, 1.165) is 5.56 Å². The van der Waals surface area contributed by atoms with Crippen LogP contribution in [-0.2, 0) is 23.2 Å². The smallest absolute Gasteiger partial charge is 0.271 e. The molecule has 0 aliphatic heterocycles. The average molecular weight is 388 g/mol. The predicted octanol–water partition coefficient (Wildman–Crippen LogP) is -0.647. The molecule has 0 aliphatic rings. The minimum atomic E-state index is -1.63. The van der Waals surface area contributed by atoms with Crippen molar-refractivity contribution in [1.82, 2.24) is 15.1 Å². The van der Waals surface area contributed by atoms with Gasteiger partial charge in [0.25, 0.3) is 5.91 Å². The van der Waals surface area contributed by atoms with Crippen LogP contribution >= 0.6 is 0 Å². The average Bonchev–Trinajstić information content (AvgIpc) is 3.07. The van der Waals surface area contributed by atoms with E-state index >= 15 is 0 Å². The third-order valence-corrected chi connectivity index (χ3v) is 4.13. The van der Waals surface area contributed by atoms with E-state index in [1.54, 1.807) is 36.1 Å². The fourth-order valence-corrected chi connectivity index (χ4v) is 2.38. The van der Waals surface area contributed by atoms with Crippen LogP contribution in [0.2, 0.25) is 0 Å². The molecular formula is C18H24N6O4. The second-order valence-electron chi connectivity index (χ2n) is 6.44. The van der Waals surface area contributed by atoms with E-state index in [1.807, 2.05) is 6.20 Å². The van der Waals surface area contributed by atoms with Gasteiger partial charge in [-0.3, -0.25) is 19.3 Å². The summed E-state index contributed by atoms with van der Waals surface area (Å²) in [6.45, 7) is 0.943. The first-order valence-electron chi connectivity index (χ1n) is 8.40. The first-order valence-corrected chi connectivity index (χ1v) is 8.40. The fraction of sp³-hybridized carbons (Fsp3) is 0.333. The Morgan fingerprint density at radius 1 is 1.43 bits per heavy atom. The largest absolute Gasteiger partial charge is 0.489 e. The molecule has 0 aliphatic carbocycles. The van der Waals surface area contributed by atoms with E-state index in [2.05, 4.69) is 15.4 Å². The summed E-state index contributed by atoms with van der Waals surface area (Å²) < 4.78 is 7.39. The van der Waals surface area contributed by atoms with Gasteiger partial charge in [0, 0.05) is 37.1 Å². The molecule has 1 aromatic heterocycles. The van der Waals surface area contributed by atoms with Gasteiger partial charge in [-0.05, 0) is 25.1 Å². The highest BCUT2D eigenvalue weighted by molar-refractivity contribution is 6.46. The Kier molecular flexibility index (Phi) is 6.37. The highest BCUT2D eigenvalue weighted by atomic mass is 16.5. The molecule has 1 heterocycles. The highest BCUT2D eigenvalue weighted by Gasteiger charge is 2.34. The summed E-state index contributed by atoms with van der Waals surface area (Å²) in [5, 5.41) is 15.9. The van der Waals surface area contributed by atoms with Gasteiger partial charge in [0.1, 0.15) is 23.6 Å². The van der Waals surface area contributed by atoms with Gasteiger partial charge in [-0.25, -0.2) is 0 Å². The lowest BCUT2D eigenvalue weighted by Crippen LogP contribution is -2.59. The Labute approximate surface area is 162 Å². The van der Waals surface area contributed by atoms with Crippen molar-refractivity contribution in [2.24, 2.45) is 17.8 Å². The summed E-state index contributed by atoms with van der Waals surface area (Å²) in [5.41, 5.74) is 11.1. The molecule has 0 radical (unpaired) electrons. The first-order chi connectivity index (χ1) is 13.2. The monoisotopic (exact) mass is 388 g/mol. The van der Waals surface area contributed by atoms with Crippen molar-refractivity contribution < 1.29 is 19.4 Å². The molecule has 0 bridgehead atoms. The number of carbonyl (C=O) groups is 2. The molecule has 0 saturated carbocycles. The molecule has 2 rings (SSSR count). The van der Waals surface area contributed by atoms with Crippen LogP contribution in [0, 0.1) is 0 Å². The number of nitrogens with zero attached hydrogens (tertiary/aromatic N) is 3. The van der Waals surface area contributed by atoms with E-state index in [0.29, 0.717) is 17.0 Å². The first kappa shape index (κ1) is 20.9. The molecule has 28 heavy (non-hydrogen) atoms. The Morgan fingerprint density at radius 3 is 2.68 bits per heavy atom. The van der Waals surface area contributed by atoms with Crippen LogP contribution in [0.25, 0.3) is 0 Å². The molecule has 0 spiro atoms. The van der Waals surface area contributed by atoms with Crippen molar-refractivity contribution in [3.63, 3.8) is 0 Å². The maximum Gasteiger partial charge on any atom is 0.271 e. The number of amides is 2. The number of aliphatic hydroxyl groups excluding tert-OH is 1. The van der Waals surface area contributed by atoms with Crippen LogP contribution < -0.4 is 21.5 Å². The zero-order valence-corrected chi connectivity index (χ0v) is 16.0. The van der Waals surface area contributed by atoms with Gasteiger partial charge >= 0.3 is 0 Å². The normalized spacial score (nSPS) is 13.6. The topological polar surface area (TPSA) is 158 Å². The molecule has 1 unspecified atom stereocenters. The van der Waals surface area contributed by atoms with Gasteiger partial charge in [-0.15, -0.1) is 0 Å². The molecule has 6 N–H and O–H groups in total. The number of nitrogens with two attached hydrogens (primary N) is 2. The predicted molar refractivity (Wildman–Crippen MR) is 104 cm³/mol. The van der Waals surface area contributed by atoms with Crippen LogP contribution in [0.3, 0.4) is 0 Å². The number of aromatic nitrogens is 2. The number of aryl methyl sites for hydroxylation is 1. The molecular weight excluding hydrogens is 364 g/mol. The Morgan fingerprint density at radius 2 is 2.14 bits per heavy atom. The summed E-state index contributed by atoms with van der Waals surface area (Å²) in [6.07, 6.45) is 3.51. The van der Waals surface area contributed by atoms with Crippen molar-refractivity contribution in [2.75, 3.05) is 19.4 Å². The maximum atomic E-state index is 12.6. The van der Waals surface area contributed by atoms with Crippen LogP contribution in [0.15, 0.2) is 35.6 Å². The second kappa shape index (κ2) is 8.53. The lowest BCUT2D eigenvalue weighted by atomic mass is 10.0. The van der Waals surface area contributed by atoms with Gasteiger partial charge < -0.3 is 26.6 Å². The SMILES string of the molecule is CN=C(C(=O)NC(C)(CO)C(N)=O)c1cc(OCc2cnn(C)c2)ccc1N. The number of hydrogen-bond donors (Lipinski definition) is 4. The van der Waals surface area contributed by atoms with Crippen molar-refractivity contribution in [3.8, 4) is 5.75 Å². The van der Waals surface area contributed by atoms with Gasteiger partial charge in [0.15, 0.2) is 0 Å². The molecule has 1 atom stereocenters. The minimum Gasteiger partial charge on any atom is -0.489 e. The maximum absolute atomic E-state index is 12.6. The third kappa shape index (κ3) is 4.65. The van der Waals surface area contributed by atoms with E-state index < -0.39 is 24.0 Å². The number of hydrogen-bond acceptors (Lipinski definition) is 7. The molecule has 2 amide bonds. The van der Waals surface area contributed by atoms with Crippen LogP contribution in [0.1, 0.15) is 18.1 Å². The third-order valence-electron chi connectivity index (χ3n) is 4.13. The summed E-state index contributed by atoms with van der Waals surface area (Å²) in [5.74, 6) is -1.10. The van der Waals surface area contributed by atoms with Crippen LogP contribution in [0.4, 0.5) is 5.69 Å². The molecule has 10 nitrogen and oxygen atoms in total. The number of aliphatic imine (C=N–C) groups is 1. The number of rotatable bonds is 8. The number of anilines is 1. The number of aliphatic hydroxyl groups is 1. The zero-order valence-electron chi connectivity index (χ0n) is 16.0. The molecule has 10 heteroatoms. The van der Waals surface area contributed by atoms with Crippen molar-refractivity contribution in [1.29, 1.82) is 0 Å². The van der Waals surface area contributed by atoms with Crippen molar-refractivity contribution in [2.45, 2.75) is 19.1 Å². The molecule has 1 aromatic carbocycles. The summed E-state index contributed by atoms with van der Waals surface area (Å²) >= 11 is 0. The van der Waals surface area contributed by atoms with E-state index in [4.69, 9.17) is 16.2 Å². The van der Waals surface area contributed by atoms with Gasteiger partial charge in [0.05, 0.1) is 12.8 Å². The van der Waals surface area contributed by atoms with Gasteiger partial charge in [-0.2, -0.15) is 5.10 Å². The standard InChI is InChI=1S/C18H24N6O4/c1-18(10-25,17(20)27)23-16(26)15(21-2)13-6-12(4-5-14(13)19)28-9-11-7-22-24(3)8-11/h4-8,25H,9-10,19H2,1-3H3,(H2,20,27)(H,23,26). The van der Waals surface area contributed by atoms with Crippen molar-refractivity contribution >= 4 is 23.2 Å². The Balaban J connectivity index is 2.23. The quantitative estimate of drug-likeness (QED) is 0.348. The van der Waals surface area contributed by atoms with Crippen molar-refractivity contribution in [3.05, 3.63) is 41.7 Å². The van der Waals surface area contributed by atoms with Gasteiger partial charge in [0.2, 0.25) is 5.91 Å². The number of ether oxygens (including phenoxy) is 1. The molecule has 2 aromatic rings. The molecule has 0 fully saturated rings. The Bertz CT molecular complexity index is 907. The summed E-state index contributed by atoms with van der Waals surface area (Å²) in [7, 11) is 3.22. The number of primary amides is 1. The second-order valence-corrected chi connectivity index (χ2v) is 6.44. The lowest BCUT2D eigenvalue weighted by Gasteiger charge is -2.25. The minimum absolute atomic E-state index is 0.0229. The molecule has 0 saturated heterocycles. The number of nitrogens with one attached hydrogen (secondary N) is 1. The lowest BCUT2D eigenvalue weighted by molar-refractivity contribution is -0.129. The molecule has 150 valence electrons. The van der Waals surface area contributed by atoms with Crippen LogP contribution in [-0.4, -0.2) is 51.6 Å². The highest BCUT2D eigenvalue weighted by Crippen LogP contribution is 2.22. The van der Waals surface area contributed by atoms with E-state index in [-0.39, 0.29) is 12.3 Å². The fourth-order valence-electron chi connectivity index (χ4n) is 2.38. The summed E-state index contributed by atoms with van der Waals surface area (Å²) in [6, 6.07) is 4.83. The van der Waals surface area contributed by atoms with Gasteiger partial charge in [-0.1, -0.05) is 0 Å².